The number of nitrogens with zero attached hydrogens (tertiary/aromatic N) is 2. The van der Waals surface area contributed by atoms with Crippen molar-refractivity contribution in [1.82, 2.24) is 0 Å². The molecule has 1 aliphatic carbocycles. The van der Waals surface area contributed by atoms with Crippen LogP contribution in [0.3, 0.4) is 0 Å². The first kappa shape index (κ1) is 17.5. The molecule has 0 spiro atoms. The van der Waals surface area contributed by atoms with Crippen molar-refractivity contribution in [3.63, 3.8) is 0 Å². The Morgan fingerprint density at radius 2 is 2.00 bits per heavy atom. The van der Waals surface area contributed by atoms with Crippen molar-refractivity contribution >= 4 is 39.7 Å². The summed E-state index contributed by atoms with van der Waals surface area (Å²) in [7, 11) is 4.01. The largest absolute Gasteiger partial charge is 0.390 e. The van der Waals surface area contributed by atoms with E-state index in [0.717, 1.165) is 22.2 Å². The number of aldehydes is 1. The Morgan fingerprint density at radius 3 is 2.61 bits per heavy atom. The van der Waals surface area contributed by atoms with Crippen molar-refractivity contribution < 1.29 is 4.79 Å². The Bertz CT molecular complexity index is 657. The highest BCUT2D eigenvalue weighted by atomic mass is 32.1. The summed E-state index contributed by atoms with van der Waals surface area (Å²) in [5.74, 6) is 0. The lowest BCUT2D eigenvalue weighted by atomic mass is 9.96. The molecule has 0 atom stereocenters. The van der Waals surface area contributed by atoms with Gasteiger partial charge in [-0.05, 0) is 31.0 Å². The number of nitrogens with two attached hydrogens (primary N) is 1. The SMILES string of the molecule is CN(C)c1cccc2sc(C=O)cc12.NC=NC1CCCCC1. The molecule has 1 aromatic carbocycles. The molecular formula is C18H25N3OS. The maximum absolute atomic E-state index is 10.7. The van der Waals surface area contributed by atoms with Gasteiger partial charge in [0, 0.05) is 29.9 Å². The highest BCUT2D eigenvalue weighted by molar-refractivity contribution is 7.20. The van der Waals surface area contributed by atoms with Crippen LogP contribution in [0, 0.1) is 0 Å². The Kier molecular flexibility index (Phi) is 6.59. The van der Waals surface area contributed by atoms with Crippen molar-refractivity contribution in [2.24, 2.45) is 10.7 Å². The van der Waals surface area contributed by atoms with Gasteiger partial charge in [-0.2, -0.15) is 0 Å². The molecular weight excluding hydrogens is 306 g/mol. The van der Waals surface area contributed by atoms with Gasteiger partial charge in [0.15, 0.2) is 6.29 Å². The molecule has 2 N–H and O–H groups in total. The number of carbonyl (C=O) groups excluding carboxylic acids is 1. The van der Waals surface area contributed by atoms with Crippen LogP contribution in [0.4, 0.5) is 5.69 Å². The Balaban J connectivity index is 0.000000185. The zero-order chi connectivity index (χ0) is 16.7. The number of hydrogen-bond donors (Lipinski definition) is 1. The van der Waals surface area contributed by atoms with Crippen molar-refractivity contribution in [3.8, 4) is 0 Å². The fourth-order valence-corrected chi connectivity index (χ4v) is 3.76. The van der Waals surface area contributed by atoms with Crippen molar-refractivity contribution in [2.75, 3.05) is 19.0 Å². The van der Waals surface area contributed by atoms with Crippen LogP contribution in [0.5, 0.6) is 0 Å². The van der Waals surface area contributed by atoms with Gasteiger partial charge in [0.25, 0.3) is 0 Å². The molecule has 124 valence electrons. The van der Waals surface area contributed by atoms with E-state index in [9.17, 15) is 4.79 Å². The van der Waals surface area contributed by atoms with E-state index >= 15 is 0 Å². The average Bonchev–Trinajstić information content (AvgIpc) is 2.99. The molecule has 1 heterocycles. The fourth-order valence-electron chi connectivity index (χ4n) is 2.87. The quantitative estimate of drug-likeness (QED) is 0.523. The zero-order valence-corrected chi connectivity index (χ0v) is 14.7. The minimum atomic E-state index is 0.545. The smallest absolute Gasteiger partial charge is 0.160 e. The lowest BCUT2D eigenvalue weighted by Gasteiger charge is -2.16. The molecule has 3 rings (SSSR count). The van der Waals surface area contributed by atoms with E-state index < -0.39 is 0 Å². The van der Waals surface area contributed by atoms with Gasteiger partial charge in [-0.25, -0.2) is 0 Å². The second kappa shape index (κ2) is 8.67. The molecule has 4 nitrogen and oxygen atoms in total. The van der Waals surface area contributed by atoms with Crippen molar-refractivity contribution in [2.45, 2.75) is 38.1 Å². The third kappa shape index (κ3) is 4.79. The van der Waals surface area contributed by atoms with E-state index in [0.29, 0.717) is 6.04 Å². The molecule has 0 bridgehead atoms. The van der Waals surface area contributed by atoms with E-state index in [1.54, 1.807) is 0 Å². The number of aliphatic imine (C=N–C) groups is 1. The van der Waals surface area contributed by atoms with Gasteiger partial charge in [-0.15, -0.1) is 11.3 Å². The minimum Gasteiger partial charge on any atom is -0.390 e. The Hall–Kier alpha value is -1.88. The first-order valence-electron chi connectivity index (χ1n) is 8.04. The third-order valence-corrected chi connectivity index (χ3v) is 5.05. The maximum atomic E-state index is 10.7. The van der Waals surface area contributed by atoms with Gasteiger partial charge in [-0.3, -0.25) is 9.79 Å². The standard InChI is InChI=1S/C11H11NOS.C7H14N2/c1-12(2)10-4-3-5-11-9(10)6-8(7-13)14-11;8-6-9-7-4-2-1-3-5-7/h3-7H,1-2H3;6-7H,1-5H2,(H2,8,9). The molecule has 2 aromatic rings. The summed E-state index contributed by atoms with van der Waals surface area (Å²) in [6.07, 6.45) is 8.89. The number of hydrogen-bond acceptors (Lipinski definition) is 4. The van der Waals surface area contributed by atoms with E-state index in [-0.39, 0.29) is 0 Å². The molecule has 1 aliphatic rings. The molecule has 0 aliphatic heterocycles. The van der Waals surface area contributed by atoms with Crippen LogP contribution in [0.1, 0.15) is 41.8 Å². The van der Waals surface area contributed by atoms with E-state index in [1.807, 2.05) is 32.3 Å². The first-order valence-corrected chi connectivity index (χ1v) is 8.85. The predicted octanol–water partition coefficient (Wildman–Crippen LogP) is 4.09. The molecule has 0 unspecified atom stereocenters. The summed E-state index contributed by atoms with van der Waals surface area (Å²) in [6, 6.07) is 8.61. The van der Waals surface area contributed by atoms with Gasteiger partial charge < -0.3 is 10.6 Å². The highest BCUT2D eigenvalue weighted by Crippen LogP contribution is 2.31. The molecule has 0 saturated heterocycles. The van der Waals surface area contributed by atoms with Gasteiger partial charge >= 0.3 is 0 Å². The molecule has 1 aromatic heterocycles. The topological polar surface area (TPSA) is 58.7 Å². The lowest BCUT2D eigenvalue weighted by Crippen LogP contribution is -2.10. The Labute approximate surface area is 142 Å². The number of benzene rings is 1. The average molecular weight is 331 g/mol. The molecule has 5 heteroatoms. The van der Waals surface area contributed by atoms with Crippen LogP contribution in [-0.2, 0) is 0 Å². The summed E-state index contributed by atoms with van der Waals surface area (Å²) >= 11 is 1.53. The van der Waals surface area contributed by atoms with E-state index in [4.69, 9.17) is 5.73 Å². The summed E-state index contributed by atoms with van der Waals surface area (Å²) in [5, 5.41) is 1.16. The van der Waals surface area contributed by atoms with E-state index in [1.165, 1.54) is 54.5 Å². The number of anilines is 1. The molecule has 1 saturated carbocycles. The number of fused-ring (bicyclic) bond motifs is 1. The van der Waals surface area contributed by atoms with Crippen LogP contribution >= 0.6 is 11.3 Å². The number of carbonyl (C=O) groups is 1. The second-order valence-corrected chi connectivity index (χ2v) is 7.06. The monoisotopic (exact) mass is 331 g/mol. The number of thiophene rings is 1. The molecule has 1 fully saturated rings. The summed E-state index contributed by atoms with van der Waals surface area (Å²) < 4.78 is 1.17. The normalized spacial score (nSPS) is 15.4. The Morgan fingerprint density at radius 1 is 1.26 bits per heavy atom. The van der Waals surface area contributed by atoms with Crippen LogP contribution < -0.4 is 10.6 Å². The minimum absolute atomic E-state index is 0.545. The summed E-state index contributed by atoms with van der Waals surface area (Å²) in [5.41, 5.74) is 6.33. The fraction of sp³-hybridized carbons (Fsp3) is 0.444. The lowest BCUT2D eigenvalue weighted by molar-refractivity contribution is 0.112. The van der Waals surface area contributed by atoms with Gasteiger partial charge in [-0.1, -0.05) is 25.3 Å². The maximum Gasteiger partial charge on any atom is 0.160 e. The summed E-state index contributed by atoms with van der Waals surface area (Å²) in [6.45, 7) is 0. The molecule has 0 amide bonds. The van der Waals surface area contributed by atoms with Crippen molar-refractivity contribution in [1.29, 1.82) is 0 Å². The van der Waals surface area contributed by atoms with E-state index in [2.05, 4.69) is 16.0 Å². The van der Waals surface area contributed by atoms with Crippen molar-refractivity contribution in [3.05, 3.63) is 29.1 Å². The van der Waals surface area contributed by atoms with Crippen LogP contribution in [0.2, 0.25) is 0 Å². The highest BCUT2D eigenvalue weighted by Gasteiger charge is 2.10. The van der Waals surface area contributed by atoms with Gasteiger partial charge in [0.1, 0.15) is 0 Å². The first-order chi connectivity index (χ1) is 11.2. The zero-order valence-electron chi connectivity index (χ0n) is 13.9. The predicted molar refractivity (Wildman–Crippen MR) is 101 cm³/mol. The van der Waals surface area contributed by atoms with Gasteiger partial charge in [0.05, 0.1) is 17.3 Å². The summed E-state index contributed by atoms with van der Waals surface area (Å²) in [4.78, 5) is 17.6. The van der Waals surface area contributed by atoms with Gasteiger partial charge in [0.2, 0.25) is 0 Å². The van der Waals surface area contributed by atoms with Crippen LogP contribution in [0.25, 0.3) is 10.1 Å². The molecule has 23 heavy (non-hydrogen) atoms. The molecule has 0 radical (unpaired) electrons. The van der Waals surface area contributed by atoms with Crippen LogP contribution in [0.15, 0.2) is 29.3 Å². The van der Waals surface area contributed by atoms with Crippen LogP contribution in [-0.4, -0.2) is 32.8 Å². The third-order valence-electron chi connectivity index (χ3n) is 4.03. The second-order valence-electron chi connectivity index (χ2n) is 5.94. The number of rotatable bonds is 3.